The molecule has 0 unspecified atom stereocenters. The number of piperazine rings is 1. The summed E-state index contributed by atoms with van der Waals surface area (Å²) in [6.45, 7) is 3.81. The molecule has 0 amide bonds. The van der Waals surface area contributed by atoms with Crippen molar-refractivity contribution in [3.8, 4) is 17.5 Å². The van der Waals surface area contributed by atoms with Gasteiger partial charge in [0.15, 0.2) is 11.8 Å². The minimum atomic E-state index is -0.301. The van der Waals surface area contributed by atoms with Crippen molar-refractivity contribution < 1.29 is 23.7 Å². The van der Waals surface area contributed by atoms with Gasteiger partial charge < -0.3 is 19.3 Å². The second kappa shape index (κ2) is 7.25. The maximum absolute atomic E-state index is 14.8. The number of quaternary nitrogens is 2. The van der Waals surface area contributed by atoms with E-state index in [4.69, 9.17) is 4.42 Å². The van der Waals surface area contributed by atoms with Crippen LogP contribution in [0.3, 0.4) is 0 Å². The largest absolute Gasteiger partial charge is 0.492 e. The van der Waals surface area contributed by atoms with Crippen molar-refractivity contribution in [2.24, 2.45) is 0 Å². The number of hydrogen-bond donors (Lipinski definition) is 3. The van der Waals surface area contributed by atoms with Crippen molar-refractivity contribution in [2.45, 2.75) is 6.04 Å². The fourth-order valence-electron chi connectivity index (χ4n) is 3.99. The molecular weight excluding hydrogens is 393 g/mol. The lowest BCUT2D eigenvalue weighted by Crippen LogP contribution is -3.27. The molecular formula is C20H22FN5O2S+2. The van der Waals surface area contributed by atoms with E-state index in [2.05, 4.69) is 17.1 Å². The molecule has 5 rings (SSSR count). The Morgan fingerprint density at radius 3 is 2.66 bits per heavy atom. The van der Waals surface area contributed by atoms with E-state index < -0.39 is 0 Å². The van der Waals surface area contributed by atoms with E-state index >= 15 is 0 Å². The standard InChI is InChI=1S/C20H20FN5O2S/c1-24-8-10-25(11-9-24)16(13-5-2-3-6-14(13)21)17-19(27)26-20(29-17)22-18(23-26)15-7-4-12-28-15/h2-7,12,16,27H,8-11H2,1H3/p+2/t16-/m1/s1. The average molecular weight is 415 g/mol. The van der Waals surface area contributed by atoms with Gasteiger partial charge in [-0.3, -0.25) is 0 Å². The van der Waals surface area contributed by atoms with Gasteiger partial charge in [0.25, 0.3) is 0 Å². The highest BCUT2D eigenvalue weighted by molar-refractivity contribution is 7.17. The Morgan fingerprint density at radius 2 is 1.97 bits per heavy atom. The monoisotopic (exact) mass is 415 g/mol. The molecule has 1 aliphatic heterocycles. The first kappa shape index (κ1) is 18.3. The molecule has 7 nitrogen and oxygen atoms in total. The smallest absolute Gasteiger partial charge is 0.235 e. The molecule has 0 spiro atoms. The van der Waals surface area contributed by atoms with Gasteiger partial charge in [-0.05, 0) is 24.3 Å². The molecule has 1 fully saturated rings. The Balaban J connectivity index is 1.60. The van der Waals surface area contributed by atoms with Gasteiger partial charge in [-0.1, -0.05) is 23.5 Å². The zero-order valence-corrected chi connectivity index (χ0v) is 16.7. The van der Waals surface area contributed by atoms with Gasteiger partial charge in [-0.25, -0.2) is 4.39 Å². The summed E-state index contributed by atoms with van der Waals surface area (Å²) in [4.78, 5) is 8.46. The van der Waals surface area contributed by atoms with Crippen molar-refractivity contribution in [3.63, 3.8) is 0 Å². The minimum Gasteiger partial charge on any atom is -0.492 e. The quantitative estimate of drug-likeness (QED) is 0.451. The summed E-state index contributed by atoms with van der Waals surface area (Å²) in [5.41, 5.74) is 0.591. The van der Waals surface area contributed by atoms with Crippen LogP contribution in [0.5, 0.6) is 5.88 Å². The molecule has 3 N–H and O–H groups in total. The zero-order valence-electron chi connectivity index (χ0n) is 15.9. The maximum Gasteiger partial charge on any atom is 0.235 e. The third-order valence-corrected chi connectivity index (χ3v) is 6.66. The Bertz CT molecular complexity index is 1130. The Kier molecular flexibility index (Phi) is 4.57. The van der Waals surface area contributed by atoms with Crippen LogP contribution in [0, 0.1) is 5.82 Å². The van der Waals surface area contributed by atoms with Gasteiger partial charge in [0, 0.05) is 0 Å². The molecule has 4 heterocycles. The van der Waals surface area contributed by atoms with E-state index in [1.807, 2.05) is 12.1 Å². The van der Waals surface area contributed by atoms with E-state index in [0.717, 1.165) is 26.2 Å². The number of aromatic nitrogens is 3. The summed E-state index contributed by atoms with van der Waals surface area (Å²) < 4.78 is 21.6. The normalized spacial score (nSPS) is 20.9. The highest BCUT2D eigenvalue weighted by Gasteiger charge is 2.37. The number of benzene rings is 1. The van der Waals surface area contributed by atoms with Crippen LogP contribution in [0.25, 0.3) is 16.5 Å². The Hall–Kier alpha value is -2.75. The van der Waals surface area contributed by atoms with Crippen LogP contribution in [0.15, 0.2) is 47.1 Å². The van der Waals surface area contributed by atoms with Gasteiger partial charge in [0.2, 0.25) is 16.7 Å². The van der Waals surface area contributed by atoms with E-state index in [-0.39, 0.29) is 17.7 Å². The van der Waals surface area contributed by atoms with Crippen LogP contribution in [0.2, 0.25) is 0 Å². The summed E-state index contributed by atoms with van der Waals surface area (Å²) in [7, 11) is 2.17. The number of nitrogens with zero attached hydrogens (tertiary/aromatic N) is 3. The fourth-order valence-corrected chi connectivity index (χ4v) is 5.12. The third-order valence-electron chi connectivity index (χ3n) is 5.57. The molecule has 3 aromatic heterocycles. The second-order valence-electron chi connectivity index (χ2n) is 7.47. The van der Waals surface area contributed by atoms with E-state index in [9.17, 15) is 9.50 Å². The van der Waals surface area contributed by atoms with Gasteiger partial charge >= 0.3 is 0 Å². The molecule has 4 aromatic rings. The van der Waals surface area contributed by atoms with Gasteiger partial charge in [0.1, 0.15) is 36.9 Å². The third kappa shape index (κ3) is 3.21. The molecule has 1 saturated heterocycles. The number of nitrogens with one attached hydrogen (secondary N) is 2. The number of thiazole rings is 1. The van der Waals surface area contributed by atoms with E-state index in [0.29, 0.717) is 27.0 Å². The van der Waals surface area contributed by atoms with Gasteiger partial charge in [-0.15, -0.1) is 5.10 Å². The minimum absolute atomic E-state index is 0.0161. The Labute approximate surface area is 170 Å². The van der Waals surface area contributed by atoms with Crippen molar-refractivity contribution in [3.05, 3.63) is 58.9 Å². The summed E-state index contributed by atoms with van der Waals surface area (Å²) in [6.07, 6.45) is 1.56. The average Bonchev–Trinajstić information content (AvgIpc) is 3.44. The molecule has 0 saturated carbocycles. The summed E-state index contributed by atoms with van der Waals surface area (Å²) in [5, 5.41) is 15.4. The first-order chi connectivity index (χ1) is 14.1. The molecule has 0 bridgehead atoms. The lowest BCUT2D eigenvalue weighted by atomic mass is 10.0. The number of furan rings is 1. The van der Waals surface area contributed by atoms with Crippen molar-refractivity contribution in [2.75, 3.05) is 33.2 Å². The van der Waals surface area contributed by atoms with E-state index in [1.165, 1.54) is 31.7 Å². The van der Waals surface area contributed by atoms with Crippen molar-refractivity contribution in [1.82, 2.24) is 14.6 Å². The molecule has 29 heavy (non-hydrogen) atoms. The number of rotatable bonds is 4. The van der Waals surface area contributed by atoms with Crippen LogP contribution < -0.4 is 9.80 Å². The van der Waals surface area contributed by atoms with Crippen molar-refractivity contribution >= 4 is 16.3 Å². The number of aromatic hydroxyl groups is 1. The summed E-state index contributed by atoms with van der Waals surface area (Å²) in [5.74, 6) is 0.717. The second-order valence-corrected chi connectivity index (χ2v) is 8.48. The first-order valence-electron chi connectivity index (χ1n) is 9.64. The highest BCUT2D eigenvalue weighted by atomic mass is 32.1. The molecule has 1 aliphatic rings. The molecule has 1 atom stereocenters. The maximum atomic E-state index is 14.8. The molecule has 0 radical (unpaired) electrons. The molecule has 9 heteroatoms. The predicted molar refractivity (Wildman–Crippen MR) is 106 cm³/mol. The van der Waals surface area contributed by atoms with Crippen LogP contribution in [-0.2, 0) is 0 Å². The topological polar surface area (TPSA) is 72.4 Å². The highest BCUT2D eigenvalue weighted by Crippen LogP contribution is 2.36. The first-order valence-corrected chi connectivity index (χ1v) is 10.5. The van der Waals surface area contributed by atoms with Crippen LogP contribution >= 0.6 is 11.3 Å². The molecule has 150 valence electrons. The zero-order chi connectivity index (χ0) is 20.0. The molecule has 0 aliphatic carbocycles. The van der Waals surface area contributed by atoms with Crippen LogP contribution in [0.1, 0.15) is 16.5 Å². The van der Waals surface area contributed by atoms with Crippen LogP contribution in [0.4, 0.5) is 4.39 Å². The van der Waals surface area contributed by atoms with Gasteiger partial charge in [-0.2, -0.15) is 9.50 Å². The lowest BCUT2D eigenvalue weighted by molar-refractivity contribution is -1.02. The van der Waals surface area contributed by atoms with Crippen molar-refractivity contribution in [1.29, 1.82) is 0 Å². The van der Waals surface area contributed by atoms with Crippen LogP contribution in [-0.4, -0.2) is 52.9 Å². The fraction of sp³-hybridized carbons (Fsp3) is 0.300. The van der Waals surface area contributed by atoms with E-state index in [1.54, 1.807) is 24.5 Å². The molecule has 1 aromatic carbocycles. The number of likely N-dealkylation sites (N-methyl/N-ethyl adjacent to an activating group) is 1. The Morgan fingerprint density at radius 1 is 1.17 bits per heavy atom. The number of hydrogen-bond acceptors (Lipinski definition) is 5. The number of fused-ring (bicyclic) bond motifs is 1. The lowest BCUT2D eigenvalue weighted by Gasteiger charge is -2.33. The SMILES string of the molecule is C[NH+]1CC[NH+]([C@H](c2ccccc2F)c2sc3nc(-c4ccco4)nn3c2O)CC1. The number of halogens is 1. The predicted octanol–water partition coefficient (Wildman–Crippen LogP) is 0.398. The van der Waals surface area contributed by atoms with Gasteiger partial charge in [0.05, 0.1) is 18.9 Å². The summed E-state index contributed by atoms with van der Waals surface area (Å²) >= 11 is 1.35. The summed E-state index contributed by atoms with van der Waals surface area (Å²) in [6, 6.07) is 10.1.